The zero-order valence-corrected chi connectivity index (χ0v) is 19.3. The maximum Gasteiger partial charge on any atom is 0.416 e. The molecule has 178 valence electrons. The van der Waals surface area contributed by atoms with Gasteiger partial charge >= 0.3 is 6.18 Å². The normalized spacial score (nSPS) is 17.4. The highest BCUT2D eigenvalue weighted by molar-refractivity contribution is 7.92. The third kappa shape index (κ3) is 6.74. The Morgan fingerprint density at radius 3 is 2.16 bits per heavy atom. The van der Waals surface area contributed by atoms with Crippen molar-refractivity contribution in [1.82, 2.24) is 4.90 Å². The lowest BCUT2D eigenvalue weighted by Gasteiger charge is -2.40. The second-order valence-corrected chi connectivity index (χ2v) is 9.50. The molecule has 2 aromatic carbocycles. The smallest absolute Gasteiger partial charge is 0.387 e. The van der Waals surface area contributed by atoms with Crippen molar-refractivity contribution in [1.29, 1.82) is 0 Å². The Bertz CT molecular complexity index is 995. The number of sulfonamides is 1. The molecule has 0 radical (unpaired) electrons. The first kappa shape index (κ1) is 26.2. The number of alkyl halides is 3. The number of rotatable bonds is 6. The van der Waals surface area contributed by atoms with Crippen LogP contribution in [0, 0.1) is 0 Å². The summed E-state index contributed by atoms with van der Waals surface area (Å²) in [6.07, 6.45) is -4.09. The highest BCUT2D eigenvalue weighted by atomic mass is 35.5. The molecule has 0 aromatic heterocycles. The zero-order valence-electron chi connectivity index (χ0n) is 17.7. The molecule has 11 heteroatoms. The van der Waals surface area contributed by atoms with E-state index in [9.17, 15) is 26.7 Å². The van der Waals surface area contributed by atoms with Crippen LogP contribution >= 0.6 is 12.4 Å². The van der Waals surface area contributed by atoms with Gasteiger partial charge in [-0.1, -0.05) is 18.2 Å². The van der Waals surface area contributed by atoms with E-state index in [1.807, 2.05) is 11.8 Å². The fraction of sp³-hybridized carbons (Fsp3) is 0.429. The Morgan fingerprint density at radius 1 is 1.03 bits per heavy atom. The van der Waals surface area contributed by atoms with Crippen molar-refractivity contribution < 1.29 is 26.7 Å². The van der Waals surface area contributed by atoms with E-state index in [2.05, 4.69) is 9.62 Å². The van der Waals surface area contributed by atoms with E-state index in [0.717, 1.165) is 12.3 Å². The average Bonchev–Trinajstić information content (AvgIpc) is 2.72. The zero-order chi connectivity index (χ0) is 22.8. The van der Waals surface area contributed by atoms with Crippen LogP contribution in [0.2, 0.25) is 0 Å². The fourth-order valence-electron chi connectivity index (χ4n) is 3.71. The maximum atomic E-state index is 13.0. The van der Waals surface area contributed by atoms with Crippen LogP contribution in [0.25, 0.3) is 0 Å². The molecule has 0 saturated carbocycles. The van der Waals surface area contributed by atoms with E-state index in [0.29, 0.717) is 43.1 Å². The van der Waals surface area contributed by atoms with Gasteiger partial charge in [-0.05, 0) is 42.8 Å². The molecule has 1 heterocycles. The number of nitrogens with one attached hydrogen (secondary N) is 1. The summed E-state index contributed by atoms with van der Waals surface area (Å²) in [5, 5.41) is 10.8. The average molecular weight is 494 g/mol. The molecule has 3 rings (SSSR count). The number of piperazine rings is 1. The van der Waals surface area contributed by atoms with E-state index in [-0.39, 0.29) is 18.4 Å². The third-order valence-corrected chi connectivity index (χ3v) is 6.05. The Morgan fingerprint density at radius 2 is 1.62 bits per heavy atom. The number of anilines is 2. The summed E-state index contributed by atoms with van der Waals surface area (Å²) >= 11 is 0. The quantitative estimate of drug-likeness (QED) is 0.641. The fourth-order valence-corrected chi connectivity index (χ4v) is 4.27. The van der Waals surface area contributed by atoms with Gasteiger partial charge in [-0.25, -0.2) is 8.42 Å². The van der Waals surface area contributed by atoms with Gasteiger partial charge in [-0.2, -0.15) is 13.2 Å². The van der Waals surface area contributed by atoms with E-state index in [4.69, 9.17) is 0 Å². The predicted octanol–water partition coefficient (Wildman–Crippen LogP) is 3.74. The van der Waals surface area contributed by atoms with E-state index in [1.54, 1.807) is 30.3 Å². The molecule has 0 amide bonds. The van der Waals surface area contributed by atoms with E-state index >= 15 is 0 Å². The Hall–Kier alpha value is -2.01. The molecule has 1 saturated heterocycles. The number of nitrogens with zero attached hydrogens (tertiary/aromatic N) is 2. The molecule has 2 unspecified atom stereocenters. The molecule has 32 heavy (non-hydrogen) atoms. The van der Waals surface area contributed by atoms with Crippen LogP contribution in [0.3, 0.4) is 0 Å². The van der Waals surface area contributed by atoms with Crippen LogP contribution in [-0.2, 0) is 16.2 Å². The monoisotopic (exact) mass is 493 g/mol. The van der Waals surface area contributed by atoms with Gasteiger partial charge in [-0.15, -0.1) is 12.4 Å². The lowest BCUT2D eigenvalue weighted by Crippen LogP contribution is -2.51. The first-order valence-corrected chi connectivity index (χ1v) is 11.8. The topological polar surface area (TPSA) is 72.9 Å². The van der Waals surface area contributed by atoms with Crippen LogP contribution < -0.4 is 9.62 Å². The van der Waals surface area contributed by atoms with Crippen molar-refractivity contribution in [3.63, 3.8) is 0 Å². The lowest BCUT2D eigenvalue weighted by atomic mass is 10.0. The number of hydrogen-bond donors (Lipinski definition) is 2. The minimum atomic E-state index is -4.37. The SMILES string of the molecule is CC(C(O)c1ccc(NS(C)(=O)=O)cc1)N1CCN(c2cccc(C(F)(F)F)c2)CC1.Cl. The molecule has 0 aliphatic carbocycles. The lowest BCUT2D eigenvalue weighted by molar-refractivity contribution is -0.137. The second kappa shape index (κ2) is 10.3. The van der Waals surface area contributed by atoms with E-state index in [1.165, 1.54) is 12.1 Å². The van der Waals surface area contributed by atoms with E-state index < -0.39 is 27.9 Å². The predicted molar refractivity (Wildman–Crippen MR) is 122 cm³/mol. The Kier molecular flexibility index (Phi) is 8.44. The van der Waals surface area contributed by atoms with Crippen LogP contribution in [-0.4, -0.2) is 56.9 Å². The summed E-state index contributed by atoms with van der Waals surface area (Å²) in [5.74, 6) is 0. The van der Waals surface area contributed by atoms with Gasteiger partial charge in [-0.3, -0.25) is 9.62 Å². The van der Waals surface area contributed by atoms with Gasteiger partial charge in [0.05, 0.1) is 17.9 Å². The van der Waals surface area contributed by atoms with Gasteiger partial charge in [0.15, 0.2) is 0 Å². The van der Waals surface area contributed by atoms with Gasteiger partial charge in [0.2, 0.25) is 10.0 Å². The van der Waals surface area contributed by atoms with Crippen LogP contribution in [0.4, 0.5) is 24.5 Å². The molecule has 2 atom stereocenters. The summed E-state index contributed by atoms with van der Waals surface area (Å²) < 4.78 is 63.9. The Balaban J connectivity index is 0.00000363. The molecule has 0 bridgehead atoms. The molecular weight excluding hydrogens is 467 g/mol. The van der Waals surface area contributed by atoms with Gasteiger partial charge < -0.3 is 10.0 Å². The summed E-state index contributed by atoms with van der Waals surface area (Å²) in [5.41, 5.74) is 0.953. The number of hydrogen-bond acceptors (Lipinski definition) is 5. The van der Waals surface area contributed by atoms with Gasteiger partial charge in [0, 0.05) is 43.6 Å². The molecule has 1 aliphatic heterocycles. The molecule has 0 spiro atoms. The molecule has 2 aromatic rings. The maximum absolute atomic E-state index is 13.0. The van der Waals surface area contributed by atoms with Crippen LogP contribution in [0.15, 0.2) is 48.5 Å². The van der Waals surface area contributed by atoms with Crippen molar-refractivity contribution in [2.24, 2.45) is 0 Å². The molecule has 6 nitrogen and oxygen atoms in total. The largest absolute Gasteiger partial charge is 0.416 e. The van der Waals surface area contributed by atoms with Gasteiger partial charge in [0.25, 0.3) is 0 Å². The van der Waals surface area contributed by atoms with Crippen LogP contribution in [0.5, 0.6) is 0 Å². The standard InChI is InChI=1S/C21H26F3N3O3S.ClH/c1-15(20(28)16-6-8-18(9-7-16)25-31(2,29)30)26-10-12-27(13-11-26)19-5-3-4-17(14-19)21(22,23)24;/h3-9,14-15,20,25,28H,10-13H2,1-2H3;1H. The minimum absolute atomic E-state index is 0. The third-order valence-electron chi connectivity index (χ3n) is 5.44. The second-order valence-electron chi connectivity index (χ2n) is 7.75. The number of aliphatic hydroxyl groups is 1. The summed E-state index contributed by atoms with van der Waals surface area (Å²) in [6, 6.07) is 11.7. The highest BCUT2D eigenvalue weighted by Crippen LogP contribution is 2.32. The Labute approximate surface area is 192 Å². The summed E-state index contributed by atoms with van der Waals surface area (Å²) in [6.45, 7) is 4.20. The van der Waals surface area contributed by atoms with Gasteiger partial charge in [0.1, 0.15) is 0 Å². The van der Waals surface area contributed by atoms with Crippen molar-refractivity contribution in [3.8, 4) is 0 Å². The molecular formula is C21H27ClF3N3O3S. The minimum Gasteiger partial charge on any atom is -0.387 e. The first-order chi connectivity index (χ1) is 14.4. The first-order valence-electron chi connectivity index (χ1n) is 9.86. The molecule has 1 aliphatic rings. The van der Waals surface area contributed by atoms with Crippen molar-refractivity contribution in [2.75, 3.05) is 42.1 Å². The summed E-state index contributed by atoms with van der Waals surface area (Å²) in [7, 11) is -3.37. The molecule has 1 fully saturated rings. The highest BCUT2D eigenvalue weighted by Gasteiger charge is 2.32. The number of halogens is 4. The number of aliphatic hydroxyl groups excluding tert-OH is 1. The van der Waals surface area contributed by atoms with Crippen LogP contribution in [0.1, 0.15) is 24.2 Å². The van der Waals surface area contributed by atoms with Crippen molar-refractivity contribution in [2.45, 2.75) is 25.2 Å². The number of benzene rings is 2. The van der Waals surface area contributed by atoms with Crippen molar-refractivity contribution in [3.05, 3.63) is 59.7 Å². The summed E-state index contributed by atoms with van der Waals surface area (Å²) in [4.78, 5) is 4.01. The molecule has 2 N–H and O–H groups in total. The van der Waals surface area contributed by atoms with Crippen molar-refractivity contribution >= 4 is 33.8 Å².